The van der Waals surface area contributed by atoms with E-state index in [-0.39, 0.29) is 4.90 Å². The summed E-state index contributed by atoms with van der Waals surface area (Å²) in [5.41, 5.74) is 0.341. The Morgan fingerprint density at radius 1 is 1.18 bits per heavy atom. The molecule has 0 aliphatic rings. The van der Waals surface area contributed by atoms with Gasteiger partial charge < -0.3 is 5.11 Å². The van der Waals surface area contributed by atoms with E-state index in [1.54, 1.807) is 32.0 Å². The molecule has 0 aliphatic carbocycles. The van der Waals surface area contributed by atoms with Crippen molar-refractivity contribution in [1.29, 1.82) is 0 Å². The molecule has 0 heterocycles. The predicted molar refractivity (Wildman–Crippen MR) is 64.8 cm³/mol. The fourth-order valence-electron chi connectivity index (χ4n) is 1.48. The van der Waals surface area contributed by atoms with Crippen molar-refractivity contribution in [3.05, 3.63) is 29.8 Å². The lowest BCUT2D eigenvalue weighted by molar-refractivity contribution is -0.138. The second kappa shape index (κ2) is 4.87. The van der Waals surface area contributed by atoms with E-state index >= 15 is 0 Å². The first-order chi connectivity index (χ1) is 7.78. The molecule has 4 nitrogen and oxygen atoms in total. The van der Waals surface area contributed by atoms with Crippen LogP contribution >= 0.6 is 0 Å². The molecule has 0 radical (unpaired) electrons. The Morgan fingerprint density at radius 3 is 2.18 bits per heavy atom. The summed E-state index contributed by atoms with van der Waals surface area (Å²) < 4.78 is 24.2. The average Bonchev–Trinajstić information content (AvgIpc) is 2.27. The zero-order valence-corrected chi connectivity index (χ0v) is 10.9. The lowest BCUT2D eigenvalue weighted by Crippen LogP contribution is -2.18. The van der Waals surface area contributed by atoms with Gasteiger partial charge in [-0.1, -0.05) is 18.2 Å². The fourth-order valence-corrected chi connectivity index (χ4v) is 2.83. The van der Waals surface area contributed by atoms with Gasteiger partial charge in [0.1, 0.15) is 0 Å². The normalized spacial score (nSPS) is 13.6. The monoisotopic (exact) mass is 256 g/mol. The highest BCUT2D eigenvalue weighted by atomic mass is 32.2. The quantitative estimate of drug-likeness (QED) is 0.895. The average molecular weight is 256 g/mol. The van der Waals surface area contributed by atoms with Crippen molar-refractivity contribution in [2.45, 2.75) is 36.8 Å². The van der Waals surface area contributed by atoms with Crippen LogP contribution in [0, 0.1) is 0 Å². The molecule has 1 atom stereocenters. The predicted octanol–water partition coefficient (Wildman–Crippen LogP) is 2.06. The Labute approximate surface area is 101 Å². The first-order valence-corrected chi connectivity index (χ1v) is 6.88. The number of hydrogen-bond donors (Lipinski definition) is 1. The van der Waals surface area contributed by atoms with Gasteiger partial charge >= 0.3 is 5.97 Å². The van der Waals surface area contributed by atoms with Crippen LogP contribution in [-0.4, -0.2) is 24.7 Å². The summed E-state index contributed by atoms with van der Waals surface area (Å²) >= 11 is 0. The molecule has 0 bridgehead atoms. The Kier molecular flexibility index (Phi) is 3.93. The Hall–Kier alpha value is -1.36. The summed E-state index contributed by atoms with van der Waals surface area (Å²) in [7, 11) is -3.45. The van der Waals surface area contributed by atoms with Gasteiger partial charge in [0.15, 0.2) is 9.84 Å². The summed E-state index contributed by atoms with van der Waals surface area (Å²) in [6.07, 6.45) is 0. The van der Waals surface area contributed by atoms with E-state index in [0.717, 1.165) is 0 Å². The third kappa shape index (κ3) is 2.66. The molecule has 0 aliphatic heterocycles. The van der Waals surface area contributed by atoms with Crippen LogP contribution in [0.25, 0.3) is 0 Å². The Bertz CT molecular complexity index is 517. The summed E-state index contributed by atoms with van der Waals surface area (Å²) in [4.78, 5) is 11.1. The van der Waals surface area contributed by atoms with Crippen LogP contribution in [0.2, 0.25) is 0 Å². The molecule has 1 rings (SSSR count). The second-order valence-electron chi connectivity index (χ2n) is 4.19. The van der Waals surface area contributed by atoms with Gasteiger partial charge in [0.25, 0.3) is 0 Å². The summed E-state index contributed by atoms with van der Waals surface area (Å²) in [6, 6.07) is 6.26. The first-order valence-electron chi connectivity index (χ1n) is 5.34. The van der Waals surface area contributed by atoms with E-state index in [1.165, 1.54) is 13.0 Å². The summed E-state index contributed by atoms with van der Waals surface area (Å²) in [5, 5.41) is 8.40. The highest BCUT2D eigenvalue weighted by Crippen LogP contribution is 2.26. The number of sulfone groups is 1. The maximum atomic E-state index is 12.1. The minimum atomic E-state index is -3.45. The number of carboxylic acid groups (broad SMARTS) is 1. The zero-order valence-electron chi connectivity index (χ0n) is 10.0. The van der Waals surface area contributed by atoms with Gasteiger partial charge in [-0.2, -0.15) is 0 Å². The number of rotatable bonds is 4. The maximum Gasteiger partial charge on any atom is 0.310 e. The lowest BCUT2D eigenvalue weighted by Gasteiger charge is -2.15. The van der Waals surface area contributed by atoms with E-state index < -0.39 is 27.0 Å². The molecular formula is C12H16O4S. The molecule has 1 N–H and O–H groups in total. The summed E-state index contributed by atoms with van der Waals surface area (Å²) in [5.74, 6) is -1.86. The van der Waals surface area contributed by atoms with Gasteiger partial charge in [0.2, 0.25) is 0 Å². The highest BCUT2D eigenvalue weighted by molar-refractivity contribution is 7.92. The van der Waals surface area contributed by atoms with Gasteiger partial charge in [0, 0.05) is 0 Å². The number of carboxylic acids is 1. The van der Waals surface area contributed by atoms with Gasteiger partial charge in [-0.3, -0.25) is 4.79 Å². The SMILES string of the molecule is CC(C(=O)O)c1ccccc1S(=O)(=O)C(C)C. The number of hydrogen-bond acceptors (Lipinski definition) is 3. The van der Waals surface area contributed by atoms with E-state index in [0.29, 0.717) is 5.56 Å². The molecule has 1 aromatic rings. The van der Waals surface area contributed by atoms with Gasteiger partial charge in [0.05, 0.1) is 16.1 Å². The van der Waals surface area contributed by atoms with Crippen molar-refractivity contribution in [2.75, 3.05) is 0 Å². The van der Waals surface area contributed by atoms with Crippen molar-refractivity contribution < 1.29 is 18.3 Å². The molecule has 1 unspecified atom stereocenters. The van der Waals surface area contributed by atoms with Crippen molar-refractivity contribution in [1.82, 2.24) is 0 Å². The van der Waals surface area contributed by atoms with Crippen LogP contribution in [0.5, 0.6) is 0 Å². The number of carbonyl (C=O) groups is 1. The van der Waals surface area contributed by atoms with Crippen LogP contribution in [-0.2, 0) is 14.6 Å². The number of aliphatic carboxylic acids is 1. The highest BCUT2D eigenvalue weighted by Gasteiger charge is 2.26. The number of benzene rings is 1. The molecule has 0 aromatic heterocycles. The van der Waals surface area contributed by atoms with E-state index in [1.807, 2.05) is 0 Å². The van der Waals surface area contributed by atoms with Crippen molar-refractivity contribution in [2.24, 2.45) is 0 Å². The summed E-state index contributed by atoms with van der Waals surface area (Å²) in [6.45, 7) is 4.64. The molecule has 0 amide bonds. The molecule has 1 aromatic carbocycles. The van der Waals surface area contributed by atoms with Gasteiger partial charge in [-0.25, -0.2) is 8.42 Å². The van der Waals surface area contributed by atoms with Gasteiger partial charge in [-0.05, 0) is 32.4 Å². The first kappa shape index (κ1) is 13.7. The molecule has 0 saturated carbocycles. The second-order valence-corrected chi connectivity index (χ2v) is 6.66. The smallest absolute Gasteiger partial charge is 0.310 e. The molecule has 5 heteroatoms. The van der Waals surface area contributed by atoms with E-state index in [4.69, 9.17) is 5.11 Å². The van der Waals surface area contributed by atoms with Crippen LogP contribution in [0.15, 0.2) is 29.2 Å². The minimum Gasteiger partial charge on any atom is -0.481 e. The Balaban J connectivity index is 3.42. The Morgan fingerprint density at radius 2 is 1.71 bits per heavy atom. The third-order valence-corrected chi connectivity index (χ3v) is 4.91. The third-order valence-electron chi connectivity index (χ3n) is 2.68. The molecule has 0 saturated heterocycles. The minimum absolute atomic E-state index is 0.116. The van der Waals surface area contributed by atoms with Crippen LogP contribution < -0.4 is 0 Å². The molecular weight excluding hydrogens is 240 g/mol. The topological polar surface area (TPSA) is 71.4 Å². The molecule has 94 valence electrons. The molecule has 0 spiro atoms. The van der Waals surface area contributed by atoms with E-state index in [9.17, 15) is 13.2 Å². The van der Waals surface area contributed by atoms with Crippen LogP contribution in [0.3, 0.4) is 0 Å². The van der Waals surface area contributed by atoms with E-state index in [2.05, 4.69) is 0 Å². The van der Waals surface area contributed by atoms with Crippen molar-refractivity contribution >= 4 is 15.8 Å². The standard InChI is InChI=1S/C12H16O4S/c1-8(2)17(15,16)11-7-5-4-6-10(11)9(3)12(13)14/h4-9H,1-3H3,(H,13,14). The van der Waals surface area contributed by atoms with Gasteiger partial charge in [-0.15, -0.1) is 0 Å². The van der Waals surface area contributed by atoms with Crippen LogP contribution in [0.4, 0.5) is 0 Å². The molecule has 0 fully saturated rings. The van der Waals surface area contributed by atoms with Crippen LogP contribution in [0.1, 0.15) is 32.3 Å². The molecule has 17 heavy (non-hydrogen) atoms. The fraction of sp³-hybridized carbons (Fsp3) is 0.417. The lowest BCUT2D eigenvalue weighted by atomic mass is 10.0. The maximum absolute atomic E-state index is 12.1. The van der Waals surface area contributed by atoms with Crippen molar-refractivity contribution in [3.8, 4) is 0 Å². The zero-order chi connectivity index (χ0) is 13.2. The largest absolute Gasteiger partial charge is 0.481 e. The van der Waals surface area contributed by atoms with Crippen molar-refractivity contribution in [3.63, 3.8) is 0 Å².